The Bertz CT molecular complexity index is 1230. The van der Waals surface area contributed by atoms with E-state index in [4.69, 9.17) is 17.3 Å². The third-order valence-electron chi connectivity index (χ3n) is 6.39. The second-order valence-corrected chi connectivity index (χ2v) is 11.7. The van der Waals surface area contributed by atoms with E-state index in [1.54, 1.807) is 5.38 Å². The van der Waals surface area contributed by atoms with Crippen molar-refractivity contribution >= 4 is 43.8 Å². The van der Waals surface area contributed by atoms with Crippen molar-refractivity contribution in [2.75, 3.05) is 42.8 Å². The standard InChI is InChI=1S/C24H29ClFN5O2S2/c25-19-14-22(35(32,33)30-23-29-10-13-34-23)20(26)15-21(19)28-9-4-5-11-31-12-8-24(16-27,17-31)18-6-2-1-3-7-18/h1-3,6-7,10,13-15,28H,4-5,8-9,11-12,16-17,27H2,(H,29,30). The van der Waals surface area contributed by atoms with Crippen LogP contribution in [-0.2, 0) is 15.4 Å². The Balaban J connectivity index is 1.27. The lowest BCUT2D eigenvalue weighted by molar-refractivity contribution is 0.306. The third kappa shape index (κ3) is 6.13. The minimum absolute atomic E-state index is 0.0149. The molecular formula is C24H29ClFN5O2S2. The molecule has 0 amide bonds. The fourth-order valence-electron chi connectivity index (χ4n) is 4.46. The van der Waals surface area contributed by atoms with Crippen LogP contribution in [0.1, 0.15) is 24.8 Å². The first-order valence-electron chi connectivity index (χ1n) is 11.5. The Hall–Kier alpha value is -2.24. The van der Waals surface area contributed by atoms with Crippen LogP contribution < -0.4 is 15.8 Å². The van der Waals surface area contributed by atoms with Crippen molar-refractivity contribution < 1.29 is 12.8 Å². The highest BCUT2D eigenvalue weighted by atomic mass is 35.5. The minimum atomic E-state index is -4.13. The summed E-state index contributed by atoms with van der Waals surface area (Å²) in [5, 5.41) is 5.04. The number of hydrogen-bond acceptors (Lipinski definition) is 7. The molecule has 1 aliphatic rings. The molecule has 11 heteroatoms. The first kappa shape index (κ1) is 25.8. The summed E-state index contributed by atoms with van der Waals surface area (Å²) in [6, 6.07) is 12.7. The number of halogens is 2. The number of rotatable bonds is 11. The maximum absolute atomic E-state index is 14.6. The summed E-state index contributed by atoms with van der Waals surface area (Å²) in [4.78, 5) is 5.79. The van der Waals surface area contributed by atoms with Gasteiger partial charge in [0.2, 0.25) is 0 Å². The lowest BCUT2D eigenvalue weighted by atomic mass is 9.80. The van der Waals surface area contributed by atoms with E-state index < -0.39 is 20.7 Å². The highest BCUT2D eigenvalue weighted by Gasteiger charge is 2.37. The molecule has 0 spiro atoms. The zero-order chi connectivity index (χ0) is 24.9. The van der Waals surface area contributed by atoms with Crippen molar-refractivity contribution in [2.24, 2.45) is 5.73 Å². The van der Waals surface area contributed by atoms with Gasteiger partial charge in [-0.05, 0) is 50.0 Å². The van der Waals surface area contributed by atoms with Gasteiger partial charge in [0.15, 0.2) is 5.13 Å². The van der Waals surface area contributed by atoms with Crippen molar-refractivity contribution in [3.8, 4) is 0 Å². The molecule has 3 aromatic rings. The smallest absolute Gasteiger partial charge is 0.266 e. The van der Waals surface area contributed by atoms with Crippen LogP contribution in [0.15, 0.2) is 58.9 Å². The number of unbranched alkanes of at least 4 members (excludes halogenated alkanes) is 1. The molecule has 1 fully saturated rings. The molecule has 1 saturated heterocycles. The largest absolute Gasteiger partial charge is 0.384 e. The van der Waals surface area contributed by atoms with Gasteiger partial charge in [0.25, 0.3) is 10.0 Å². The van der Waals surface area contributed by atoms with E-state index in [9.17, 15) is 12.8 Å². The van der Waals surface area contributed by atoms with E-state index in [0.29, 0.717) is 18.8 Å². The molecule has 2 heterocycles. The SMILES string of the molecule is NCC1(c2ccccc2)CCN(CCCCNc2cc(F)c(S(=O)(=O)Nc3nccs3)cc2Cl)C1. The number of hydrogen-bond donors (Lipinski definition) is 3. The van der Waals surface area contributed by atoms with Gasteiger partial charge in [-0.3, -0.25) is 4.72 Å². The molecule has 0 radical (unpaired) electrons. The number of aromatic nitrogens is 1. The van der Waals surface area contributed by atoms with E-state index in [-0.39, 0.29) is 15.6 Å². The van der Waals surface area contributed by atoms with Crippen LogP contribution in [0.2, 0.25) is 5.02 Å². The number of nitrogens with two attached hydrogens (primary N) is 1. The number of anilines is 2. The Labute approximate surface area is 214 Å². The van der Waals surface area contributed by atoms with Crippen LogP contribution in [0, 0.1) is 5.82 Å². The highest BCUT2D eigenvalue weighted by Crippen LogP contribution is 2.34. The normalized spacial score (nSPS) is 18.6. The third-order valence-corrected chi connectivity index (χ3v) is 8.88. The average molecular weight is 538 g/mol. The van der Waals surface area contributed by atoms with Gasteiger partial charge in [0, 0.05) is 36.6 Å². The van der Waals surface area contributed by atoms with Crippen LogP contribution in [-0.4, -0.2) is 51.0 Å². The van der Waals surface area contributed by atoms with Crippen molar-refractivity contribution in [2.45, 2.75) is 29.6 Å². The Morgan fingerprint density at radius 1 is 1.23 bits per heavy atom. The molecule has 2 aromatic carbocycles. The lowest BCUT2D eigenvalue weighted by Gasteiger charge is -2.28. The number of sulfonamides is 1. The van der Waals surface area contributed by atoms with Crippen LogP contribution in [0.25, 0.3) is 0 Å². The highest BCUT2D eigenvalue weighted by molar-refractivity contribution is 7.93. The zero-order valence-corrected chi connectivity index (χ0v) is 21.6. The van der Waals surface area contributed by atoms with Gasteiger partial charge in [-0.25, -0.2) is 17.8 Å². The molecule has 4 rings (SSSR count). The zero-order valence-electron chi connectivity index (χ0n) is 19.2. The summed E-state index contributed by atoms with van der Waals surface area (Å²) in [6.45, 7) is 4.14. The summed E-state index contributed by atoms with van der Waals surface area (Å²) in [7, 11) is -4.13. The number of likely N-dealkylation sites (tertiary alicyclic amines) is 1. The van der Waals surface area contributed by atoms with Crippen LogP contribution >= 0.6 is 22.9 Å². The van der Waals surface area contributed by atoms with Gasteiger partial charge >= 0.3 is 0 Å². The van der Waals surface area contributed by atoms with Crippen LogP contribution in [0.3, 0.4) is 0 Å². The van der Waals surface area contributed by atoms with Crippen molar-refractivity contribution in [3.05, 3.63) is 70.4 Å². The molecule has 0 saturated carbocycles. The van der Waals surface area contributed by atoms with Gasteiger partial charge in [-0.1, -0.05) is 41.9 Å². The van der Waals surface area contributed by atoms with Gasteiger partial charge in [0.1, 0.15) is 10.7 Å². The van der Waals surface area contributed by atoms with Gasteiger partial charge < -0.3 is 16.0 Å². The fraction of sp³-hybridized carbons (Fsp3) is 0.375. The Kier molecular flexibility index (Phi) is 8.28. The summed E-state index contributed by atoms with van der Waals surface area (Å²) in [5.74, 6) is -0.878. The Morgan fingerprint density at radius 2 is 2.03 bits per heavy atom. The van der Waals surface area contributed by atoms with Crippen LogP contribution in [0.4, 0.5) is 15.2 Å². The van der Waals surface area contributed by atoms with Gasteiger partial charge in [0.05, 0.1) is 10.7 Å². The summed E-state index contributed by atoms with van der Waals surface area (Å²) < 4.78 is 41.9. The van der Waals surface area contributed by atoms with E-state index in [2.05, 4.69) is 44.2 Å². The maximum atomic E-state index is 14.6. The van der Waals surface area contributed by atoms with Crippen LogP contribution in [0.5, 0.6) is 0 Å². The monoisotopic (exact) mass is 537 g/mol. The van der Waals surface area contributed by atoms with E-state index in [0.717, 1.165) is 62.4 Å². The number of nitrogens with one attached hydrogen (secondary N) is 2. The molecule has 0 bridgehead atoms. The molecule has 1 unspecified atom stereocenters. The second-order valence-electron chi connectivity index (χ2n) is 8.72. The van der Waals surface area contributed by atoms with E-state index in [1.165, 1.54) is 11.8 Å². The van der Waals surface area contributed by atoms with E-state index >= 15 is 0 Å². The van der Waals surface area contributed by atoms with Gasteiger partial charge in [-0.15, -0.1) is 11.3 Å². The lowest BCUT2D eigenvalue weighted by Crippen LogP contribution is -2.38. The summed E-state index contributed by atoms with van der Waals surface area (Å²) >= 11 is 7.36. The molecule has 35 heavy (non-hydrogen) atoms. The van der Waals surface area contributed by atoms with Crippen molar-refractivity contribution in [3.63, 3.8) is 0 Å². The molecule has 0 aliphatic carbocycles. The van der Waals surface area contributed by atoms with E-state index in [1.807, 2.05) is 6.07 Å². The quantitative estimate of drug-likeness (QED) is 0.311. The minimum Gasteiger partial charge on any atom is -0.384 e. The second kappa shape index (κ2) is 11.2. The predicted octanol–water partition coefficient (Wildman–Crippen LogP) is 4.53. The molecule has 1 aliphatic heterocycles. The number of nitrogens with zero attached hydrogens (tertiary/aromatic N) is 2. The number of benzene rings is 2. The van der Waals surface area contributed by atoms with Gasteiger partial charge in [-0.2, -0.15) is 0 Å². The molecule has 4 N–H and O–H groups in total. The molecular weight excluding hydrogens is 509 g/mol. The first-order chi connectivity index (χ1) is 16.8. The number of thiazole rings is 1. The maximum Gasteiger partial charge on any atom is 0.266 e. The van der Waals surface area contributed by atoms with Crippen molar-refractivity contribution in [1.82, 2.24) is 9.88 Å². The van der Waals surface area contributed by atoms with Crippen molar-refractivity contribution in [1.29, 1.82) is 0 Å². The average Bonchev–Trinajstić information content (AvgIpc) is 3.51. The topological polar surface area (TPSA) is 100 Å². The molecule has 7 nitrogen and oxygen atoms in total. The Morgan fingerprint density at radius 3 is 2.74 bits per heavy atom. The molecule has 1 aromatic heterocycles. The molecule has 188 valence electrons. The predicted molar refractivity (Wildman–Crippen MR) is 140 cm³/mol. The first-order valence-corrected chi connectivity index (χ1v) is 14.2. The fourth-order valence-corrected chi connectivity index (χ4v) is 6.63. The summed E-state index contributed by atoms with van der Waals surface area (Å²) in [6.07, 6.45) is 4.33. The molecule has 1 atom stereocenters. The summed E-state index contributed by atoms with van der Waals surface area (Å²) in [5.41, 5.74) is 7.86.